The summed E-state index contributed by atoms with van der Waals surface area (Å²) in [6, 6.07) is 3.88. The van der Waals surface area contributed by atoms with Gasteiger partial charge in [0.2, 0.25) is 0 Å². The number of benzene rings is 1. The predicted octanol–water partition coefficient (Wildman–Crippen LogP) is 3.33. The van der Waals surface area contributed by atoms with Crippen LogP contribution in [-0.4, -0.2) is 22.4 Å². The average molecular weight is 335 g/mol. The third-order valence-corrected chi connectivity index (χ3v) is 4.07. The molecule has 2 rings (SSSR count). The Morgan fingerprint density at radius 2 is 2.26 bits per heavy atom. The maximum Gasteiger partial charge on any atom is 0.282 e. The second-order valence-electron chi connectivity index (χ2n) is 4.67. The predicted molar refractivity (Wildman–Crippen MR) is 86.9 cm³/mol. The molecular formula is C15H17N3O4S. The molecule has 1 atom stereocenters. The minimum absolute atomic E-state index is 0.0176. The standard InChI is InChI=1S/C15H17N3O4S/c1-3-12(15-16-7-8-23-15)17-14(19)11-9-10(22-4-2)5-6-13(11)18(20)21/h5-9,12H,3-4H2,1-2H3,(H,17,19)/t12-/m0/s1. The van der Waals surface area contributed by atoms with E-state index in [1.807, 2.05) is 12.3 Å². The Morgan fingerprint density at radius 3 is 2.83 bits per heavy atom. The number of amides is 1. The molecule has 0 aliphatic carbocycles. The molecule has 0 saturated heterocycles. The Morgan fingerprint density at radius 1 is 1.48 bits per heavy atom. The van der Waals surface area contributed by atoms with E-state index in [-0.39, 0.29) is 17.3 Å². The van der Waals surface area contributed by atoms with Crippen molar-refractivity contribution in [3.8, 4) is 5.75 Å². The van der Waals surface area contributed by atoms with Gasteiger partial charge in [0.15, 0.2) is 0 Å². The monoisotopic (exact) mass is 335 g/mol. The number of ether oxygens (including phenoxy) is 1. The average Bonchev–Trinajstić information content (AvgIpc) is 3.06. The van der Waals surface area contributed by atoms with Crippen LogP contribution in [0.3, 0.4) is 0 Å². The van der Waals surface area contributed by atoms with Crippen molar-refractivity contribution in [2.75, 3.05) is 6.61 Å². The number of aromatic nitrogens is 1. The molecule has 122 valence electrons. The van der Waals surface area contributed by atoms with E-state index >= 15 is 0 Å². The van der Waals surface area contributed by atoms with Gasteiger partial charge in [-0.05, 0) is 25.5 Å². The number of nitro groups is 1. The number of rotatable bonds is 7. The van der Waals surface area contributed by atoms with Gasteiger partial charge in [0, 0.05) is 17.6 Å². The molecule has 0 saturated carbocycles. The molecule has 0 fully saturated rings. The summed E-state index contributed by atoms with van der Waals surface area (Å²) in [7, 11) is 0. The van der Waals surface area contributed by atoms with Crippen molar-refractivity contribution >= 4 is 22.9 Å². The number of nitrogens with one attached hydrogen (secondary N) is 1. The van der Waals surface area contributed by atoms with Crippen molar-refractivity contribution in [1.29, 1.82) is 0 Å². The maximum absolute atomic E-state index is 12.5. The first-order chi connectivity index (χ1) is 11.1. The number of nitrogens with zero attached hydrogens (tertiary/aromatic N) is 2. The first-order valence-corrected chi connectivity index (χ1v) is 8.06. The highest BCUT2D eigenvalue weighted by Gasteiger charge is 2.24. The first kappa shape index (κ1) is 16.9. The van der Waals surface area contributed by atoms with Crippen molar-refractivity contribution in [3.63, 3.8) is 0 Å². The second-order valence-corrected chi connectivity index (χ2v) is 5.60. The van der Waals surface area contributed by atoms with Crippen LogP contribution in [0.5, 0.6) is 5.75 Å². The molecule has 0 radical (unpaired) electrons. The zero-order valence-corrected chi connectivity index (χ0v) is 13.6. The fourth-order valence-corrected chi connectivity index (χ4v) is 2.87. The van der Waals surface area contributed by atoms with Gasteiger partial charge in [-0.1, -0.05) is 6.92 Å². The Bertz CT molecular complexity index is 688. The van der Waals surface area contributed by atoms with E-state index < -0.39 is 10.8 Å². The van der Waals surface area contributed by atoms with E-state index in [0.29, 0.717) is 18.8 Å². The molecule has 1 amide bonds. The van der Waals surface area contributed by atoms with E-state index in [1.165, 1.54) is 29.5 Å². The zero-order chi connectivity index (χ0) is 16.8. The van der Waals surface area contributed by atoms with Crippen LogP contribution in [0.4, 0.5) is 5.69 Å². The normalized spacial score (nSPS) is 11.7. The van der Waals surface area contributed by atoms with E-state index in [0.717, 1.165) is 5.01 Å². The summed E-state index contributed by atoms with van der Waals surface area (Å²) in [6.45, 7) is 4.13. The third kappa shape index (κ3) is 4.04. The van der Waals surface area contributed by atoms with Gasteiger partial charge in [0.05, 0.1) is 17.6 Å². The topological polar surface area (TPSA) is 94.4 Å². The molecule has 2 aromatic rings. The van der Waals surface area contributed by atoms with Gasteiger partial charge in [-0.2, -0.15) is 0 Å². The fraction of sp³-hybridized carbons (Fsp3) is 0.333. The quantitative estimate of drug-likeness (QED) is 0.618. The molecular weight excluding hydrogens is 318 g/mol. The molecule has 8 heteroatoms. The van der Waals surface area contributed by atoms with Crippen molar-refractivity contribution in [2.45, 2.75) is 26.3 Å². The molecule has 0 bridgehead atoms. The summed E-state index contributed by atoms with van der Waals surface area (Å²) in [6.07, 6.45) is 2.30. The lowest BCUT2D eigenvalue weighted by Gasteiger charge is -2.15. The van der Waals surface area contributed by atoms with Gasteiger partial charge >= 0.3 is 0 Å². The summed E-state index contributed by atoms with van der Waals surface area (Å²) in [5.41, 5.74) is -0.268. The molecule has 0 unspecified atom stereocenters. The van der Waals surface area contributed by atoms with Crippen molar-refractivity contribution < 1.29 is 14.5 Å². The van der Waals surface area contributed by atoms with Gasteiger partial charge in [-0.3, -0.25) is 14.9 Å². The van der Waals surface area contributed by atoms with Crippen molar-refractivity contribution in [1.82, 2.24) is 10.3 Å². The van der Waals surface area contributed by atoms with Gasteiger partial charge in [0.1, 0.15) is 16.3 Å². The summed E-state index contributed by atoms with van der Waals surface area (Å²) in [4.78, 5) is 27.3. The van der Waals surface area contributed by atoms with Gasteiger partial charge in [0.25, 0.3) is 11.6 Å². The Kier molecular flexibility index (Phi) is 5.64. The number of hydrogen-bond donors (Lipinski definition) is 1. The fourth-order valence-electron chi connectivity index (χ4n) is 2.09. The molecule has 1 N–H and O–H groups in total. The van der Waals surface area contributed by atoms with Crippen molar-refractivity contribution in [2.24, 2.45) is 0 Å². The zero-order valence-electron chi connectivity index (χ0n) is 12.8. The molecule has 1 aromatic carbocycles. The molecule has 1 aromatic heterocycles. The minimum atomic E-state index is -0.574. The number of hydrogen-bond acceptors (Lipinski definition) is 6. The van der Waals surface area contributed by atoms with Gasteiger partial charge in [-0.25, -0.2) is 4.98 Å². The molecule has 1 heterocycles. The van der Waals surface area contributed by atoms with Crippen LogP contribution in [-0.2, 0) is 0 Å². The molecule has 0 aliphatic rings. The number of carbonyl (C=O) groups is 1. The Balaban J connectivity index is 2.29. The smallest absolute Gasteiger partial charge is 0.282 e. The number of nitro benzene ring substituents is 1. The highest BCUT2D eigenvalue weighted by Crippen LogP contribution is 2.26. The van der Waals surface area contributed by atoms with Gasteiger partial charge < -0.3 is 10.1 Å². The Hall–Kier alpha value is -2.48. The van der Waals surface area contributed by atoms with E-state index in [4.69, 9.17) is 4.74 Å². The highest BCUT2D eigenvalue weighted by atomic mass is 32.1. The summed E-state index contributed by atoms with van der Waals surface area (Å²) < 4.78 is 5.32. The van der Waals surface area contributed by atoms with Crippen LogP contribution < -0.4 is 10.1 Å². The summed E-state index contributed by atoms with van der Waals surface area (Å²) in [5, 5.41) is 16.5. The number of carbonyl (C=O) groups excluding carboxylic acids is 1. The second kappa shape index (κ2) is 7.68. The van der Waals surface area contributed by atoms with E-state index in [1.54, 1.807) is 13.1 Å². The first-order valence-electron chi connectivity index (χ1n) is 7.18. The number of thiazole rings is 1. The lowest BCUT2D eigenvalue weighted by Crippen LogP contribution is -2.28. The van der Waals surface area contributed by atoms with E-state index in [2.05, 4.69) is 10.3 Å². The largest absolute Gasteiger partial charge is 0.494 e. The summed E-state index contributed by atoms with van der Waals surface area (Å²) >= 11 is 1.43. The highest BCUT2D eigenvalue weighted by molar-refractivity contribution is 7.09. The van der Waals surface area contributed by atoms with E-state index in [9.17, 15) is 14.9 Å². The van der Waals surface area contributed by atoms with Crippen LogP contribution in [0.2, 0.25) is 0 Å². The van der Waals surface area contributed by atoms with Crippen LogP contribution in [0.25, 0.3) is 0 Å². The van der Waals surface area contributed by atoms with Crippen LogP contribution in [0.1, 0.15) is 41.7 Å². The summed E-state index contributed by atoms with van der Waals surface area (Å²) in [5.74, 6) is -0.0918. The lowest BCUT2D eigenvalue weighted by atomic mass is 10.1. The third-order valence-electron chi connectivity index (χ3n) is 3.18. The lowest BCUT2D eigenvalue weighted by molar-refractivity contribution is -0.385. The Labute approximate surface area is 137 Å². The maximum atomic E-state index is 12.5. The van der Waals surface area contributed by atoms with Crippen LogP contribution >= 0.6 is 11.3 Å². The molecule has 23 heavy (non-hydrogen) atoms. The van der Waals surface area contributed by atoms with Crippen molar-refractivity contribution in [3.05, 3.63) is 50.5 Å². The minimum Gasteiger partial charge on any atom is -0.494 e. The SMILES string of the molecule is CCOc1ccc([N+](=O)[O-])c(C(=O)N[C@@H](CC)c2nccs2)c1. The van der Waals surface area contributed by atoms with Gasteiger partial charge in [-0.15, -0.1) is 11.3 Å². The molecule has 0 spiro atoms. The molecule has 7 nitrogen and oxygen atoms in total. The van der Waals surface area contributed by atoms with Crippen LogP contribution in [0.15, 0.2) is 29.8 Å². The van der Waals surface area contributed by atoms with Crippen LogP contribution in [0, 0.1) is 10.1 Å². The molecule has 0 aliphatic heterocycles.